The Morgan fingerprint density at radius 1 is 1.18 bits per heavy atom. The van der Waals surface area contributed by atoms with E-state index in [4.69, 9.17) is 5.73 Å². The van der Waals surface area contributed by atoms with E-state index in [1.54, 1.807) is 6.92 Å². The third-order valence-corrected chi connectivity index (χ3v) is 5.80. The second kappa shape index (κ2) is 12.7. The molecule has 0 aromatic carbocycles. The maximum Gasteiger partial charge on any atom is 0.326 e. The zero-order valence-electron chi connectivity index (χ0n) is 19.3. The van der Waals surface area contributed by atoms with Crippen LogP contribution in [0.15, 0.2) is 12.5 Å². The molecule has 1 fully saturated rings. The second-order valence-electron chi connectivity index (χ2n) is 8.43. The topological polar surface area (TPSA) is 208 Å². The number of H-pyrrole nitrogens is 1. The lowest BCUT2D eigenvalue weighted by molar-refractivity contribution is -0.142. The molecule has 0 saturated carbocycles. The van der Waals surface area contributed by atoms with Gasteiger partial charge >= 0.3 is 5.97 Å². The minimum Gasteiger partial charge on any atom is -0.480 e. The maximum absolute atomic E-state index is 13.0. The summed E-state index contributed by atoms with van der Waals surface area (Å²) in [7, 11) is 0. The molecule has 8 N–H and O–H groups in total. The number of nitrogens with one attached hydrogen (secondary N) is 5. The fourth-order valence-corrected chi connectivity index (χ4v) is 3.62. The molecule has 2 rings (SSSR count). The van der Waals surface area contributed by atoms with Gasteiger partial charge in [0.05, 0.1) is 18.8 Å². The molecule has 1 aliphatic rings. The Kier molecular flexibility index (Phi) is 9.98. The van der Waals surface area contributed by atoms with E-state index in [2.05, 4.69) is 31.2 Å². The summed E-state index contributed by atoms with van der Waals surface area (Å²) in [5, 5.41) is 20.1. The van der Waals surface area contributed by atoms with Crippen molar-refractivity contribution in [3.63, 3.8) is 0 Å². The van der Waals surface area contributed by atoms with Crippen LogP contribution in [0.25, 0.3) is 0 Å². The van der Waals surface area contributed by atoms with E-state index in [0.717, 1.165) is 6.42 Å². The first-order chi connectivity index (χ1) is 16.1. The third-order valence-electron chi connectivity index (χ3n) is 5.80. The second-order valence-corrected chi connectivity index (χ2v) is 8.43. The van der Waals surface area contributed by atoms with Gasteiger partial charge in [0.1, 0.15) is 18.1 Å². The van der Waals surface area contributed by atoms with Crippen LogP contribution in [-0.4, -0.2) is 75.4 Å². The summed E-state index contributed by atoms with van der Waals surface area (Å²) in [5.74, 6) is -4.31. The normalized spacial score (nSPS) is 18.8. The summed E-state index contributed by atoms with van der Waals surface area (Å²) in [6, 6.07) is -4.10. The Morgan fingerprint density at radius 3 is 2.44 bits per heavy atom. The predicted molar refractivity (Wildman–Crippen MR) is 120 cm³/mol. The van der Waals surface area contributed by atoms with E-state index < -0.39 is 60.2 Å². The standard InChI is InChI=1S/C21H33N7O6/c1-3-11(2)17(20(32)27-15(21(33)34)7-12-9-23-10-25-12)28-19(31)14(8-16(22)29)26-18(30)13-5-4-6-24-13/h9-11,13-15,17,24H,3-8H2,1-2H3,(H2,22,29)(H,23,25)(H,26,30)(H,27,32)(H,28,31)(H,33,34). The molecule has 1 saturated heterocycles. The molecule has 4 amide bonds. The zero-order chi connectivity index (χ0) is 25.3. The average Bonchev–Trinajstić information content (AvgIpc) is 3.49. The van der Waals surface area contributed by atoms with Crippen molar-refractivity contribution < 1.29 is 29.1 Å². The Labute approximate surface area is 197 Å². The first-order valence-electron chi connectivity index (χ1n) is 11.2. The summed E-state index contributed by atoms with van der Waals surface area (Å²) < 4.78 is 0. The Balaban J connectivity index is 2.12. The van der Waals surface area contributed by atoms with Gasteiger partial charge in [-0.15, -0.1) is 0 Å². The number of hydrogen-bond acceptors (Lipinski definition) is 7. The highest BCUT2D eigenvalue weighted by Gasteiger charge is 2.34. The van der Waals surface area contributed by atoms with Crippen molar-refractivity contribution in [2.75, 3.05) is 6.54 Å². The van der Waals surface area contributed by atoms with Crippen LogP contribution in [0.3, 0.4) is 0 Å². The number of nitrogens with zero attached hydrogens (tertiary/aromatic N) is 1. The van der Waals surface area contributed by atoms with Crippen LogP contribution >= 0.6 is 0 Å². The van der Waals surface area contributed by atoms with Gasteiger partial charge in [-0.05, 0) is 25.3 Å². The minimum absolute atomic E-state index is 0.0308. The quantitative estimate of drug-likeness (QED) is 0.171. The molecule has 5 unspecified atom stereocenters. The molecule has 0 aliphatic carbocycles. The molecule has 1 aromatic rings. The number of nitrogens with two attached hydrogens (primary N) is 1. The first-order valence-corrected chi connectivity index (χ1v) is 11.2. The summed E-state index contributed by atoms with van der Waals surface area (Å²) >= 11 is 0. The number of carboxylic acid groups (broad SMARTS) is 1. The molecule has 5 atom stereocenters. The lowest BCUT2D eigenvalue weighted by Gasteiger charge is -2.27. The van der Waals surface area contributed by atoms with E-state index >= 15 is 0 Å². The molecule has 2 heterocycles. The number of primary amides is 1. The highest BCUT2D eigenvalue weighted by molar-refractivity contribution is 5.96. The fraction of sp³-hybridized carbons (Fsp3) is 0.619. The van der Waals surface area contributed by atoms with Crippen molar-refractivity contribution in [1.29, 1.82) is 0 Å². The van der Waals surface area contributed by atoms with Crippen LogP contribution in [0, 0.1) is 5.92 Å². The zero-order valence-corrected chi connectivity index (χ0v) is 19.3. The average molecular weight is 480 g/mol. The summed E-state index contributed by atoms with van der Waals surface area (Å²) in [4.78, 5) is 68.2. The van der Waals surface area contributed by atoms with Crippen molar-refractivity contribution in [2.45, 2.75) is 70.1 Å². The van der Waals surface area contributed by atoms with Crippen LogP contribution in [-0.2, 0) is 30.4 Å². The number of carbonyl (C=O) groups is 5. The number of aromatic amines is 1. The van der Waals surface area contributed by atoms with Gasteiger partial charge in [-0.1, -0.05) is 20.3 Å². The van der Waals surface area contributed by atoms with Gasteiger partial charge in [-0.25, -0.2) is 9.78 Å². The van der Waals surface area contributed by atoms with Gasteiger partial charge in [0.25, 0.3) is 0 Å². The van der Waals surface area contributed by atoms with Gasteiger partial charge in [0.15, 0.2) is 0 Å². The molecule has 0 spiro atoms. The first kappa shape index (κ1) is 26.8. The lowest BCUT2D eigenvalue weighted by atomic mass is 9.97. The van der Waals surface area contributed by atoms with Crippen LogP contribution in [0.5, 0.6) is 0 Å². The summed E-state index contributed by atoms with van der Waals surface area (Å²) in [6.45, 7) is 4.20. The van der Waals surface area contributed by atoms with Gasteiger partial charge < -0.3 is 37.1 Å². The van der Waals surface area contributed by atoms with Gasteiger partial charge in [0.2, 0.25) is 23.6 Å². The summed E-state index contributed by atoms with van der Waals surface area (Å²) in [5.41, 5.74) is 5.78. The van der Waals surface area contributed by atoms with Crippen LogP contribution in [0.2, 0.25) is 0 Å². The van der Waals surface area contributed by atoms with Gasteiger partial charge in [-0.3, -0.25) is 19.2 Å². The van der Waals surface area contributed by atoms with Crippen molar-refractivity contribution in [3.8, 4) is 0 Å². The van der Waals surface area contributed by atoms with Crippen molar-refractivity contribution in [1.82, 2.24) is 31.2 Å². The number of carbonyl (C=O) groups excluding carboxylic acids is 4. The predicted octanol–water partition coefficient (Wildman–Crippen LogP) is -1.84. The van der Waals surface area contributed by atoms with Gasteiger partial charge in [-0.2, -0.15) is 0 Å². The minimum atomic E-state index is -1.27. The monoisotopic (exact) mass is 479 g/mol. The number of amides is 4. The SMILES string of the molecule is CCC(C)C(NC(=O)C(CC(N)=O)NC(=O)C1CCCN1)C(=O)NC(Cc1cnc[nH]1)C(=O)O. The number of rotatable bonds is 13. The lowest BCUT2D eigenvalue weighted by Crippen LogP contribution is -2.59. The molecule has 1 aromatic heterocycles. The number of hydrogen-bond donors (Lipinski definition) is 7. The Hall–Kier alpha value is -3.48. The molecule has 13 heteroatoms. The molecular weight excluding hydrogens is 446 g/mol. The van der Waals surface area contributed by atoms with E-state index in [-0.39, 0.29) is 12.3 Å². The smallest absolute Gasteiger partial charge is 0.326 e. The van der Waals surface area contributed by atoms with E-state index in [1.165, 1.54) is 12.5 Å². The van der Waals surface area contributed by atoms with Crippen molar-refractivity contribution >= 4 is 29.6 Å². The summed E-state index contributed by atoms with van der Waals surface area (Å²) in [6.07, 6.45) is 4.27. The van der Waals surface area contributed by atoms with Crippen LogP contribution in [0.1, 0.15) is 45.2 Å². The highest BCUT2D eigenvalue weighted by atomic mass is 16.4. The van der Waals surface area contributed by atoms with Crippen LogP contribution in [0.4, 0.5) is 0 Å². The van der Waals surface area contributed by atoms with Gasteiger partial charge in [0, 0.05) is 18.3 Å². The number of aromatic nitrogens is 2. The molecule has 34 heavy (non-hydrogen) atoms. The molecule has 0 radical (unpaired) electrons. The third kappa shape index (κ3) is 7.83. The molecule has 13 nitrogen and oxygen atoms in total. The molecule has 0 bridgehead atoms. The largest absolute Gasteiger partial charge is 0.480 e. The number of aliphatic carboxylic acids is 1. The van der Waals surface area contributed by atoms with Crippen LogP contribution < -0.4 is 27.0 Å². The molecule has 1 aliphatic heterocycles. The van der Waals surface area contributed by atoms with E-state index in [0.29, 0.717) is 25.1 Å². The van der Waals surface area contributed by atoms with Crippen molar-refractivity contribution in [2.24, 2.45) is 11.7 Å². The maximum atomic E-state index is 13.0. The van der Waals surface area contributed by atoms with Crippen molar-refractivity contribution in [3.05, 3.63) is 18.2 Å². The van der Waals surface area contributed by atoms with E-state index in [9.17, 15) is 29.1 Å². The molecule has 188 valence electrons. The van der Waals surface area contributed by atoms with E-state index in [1.807, 2.05) is 6.92 Å². The number of imidazole rings is 1. The Morgan fingerprint density at radius 2 is 1.91 bits per heavy atom. The number of carboxylic acids is 1. The highest BCUT2D eigenvalue weighted by Crippen LogP contribution is 2.11. The Bertz CT molecular complexity index is 869. The molecular formula is C21H33N7O6. The fourth-order valence-electron chi connectivity index (χ4n) is 3.62.